The van der Waals surface area contributed by atoms with Crippen molar-refractivity contribution in [2.45, 2.75) is 6.54 Å². The van der Waals surface area contributed by atoms with Gasteiger partial charge in [0.2, 0.25) is 0 Å². The molecular weight excluding hydrogens is 266 g/mol. The Morgan fingerprint density at radius 3 is 2.90 bits per heavy atom. The van der Waals surface area contributed by atoms with E-state index in [1.807, 2.05) is 48.3 Å². The van der Waals surface area contributed by atoms with Gasteiger partial charge in [-0.15, -0.1) is 0 Å². The summed E-state index contributed by atoms with van der Waals surface area (Å²) in [5, 5.41) is 0. The zero-order valence-electron chi connectivity index (χ0n) is 12.0. The molecule has 0 amide bonds. The molecule has 0 aliphatic carbocycles. The van der Waals surface area contributed by atoms with E-state index < -0.39 is 0 Å². The van der Waals surface area contributed by atoms with Gasteiger partial charge < -0.3 is 19.8 Å². The second-order valence-electron chi connectivity index (χ2n) is 4.93. The summed E-state index contributed by atoms with van der Waals surface area (Å²) in [6, 6.07) is 13.9. The average molecular weight is 283 g/mol. The van der Waals surface area contributed by atoms with E-state index in [-0.39, 0.29) is 0 Å². The molecule has 108 valence electrons. The number of methoxy groups -OCH3 is 1. The van der Waals surface area contributed by atoms with Crippen LogP contribution in [0.25, 0.3) is 11.1 Å². The van der Waals surface area contributed by atoms with E-state index in [4.69, 9.17) is 14.9 Å². The Bertz CT molecular complexity index is 767. The minimum Gasteiger partial charge on any atom is -0.497 e. The van der Waals surface area contributed by atoms with Crippen LogP contribution in [0.4, 0.5) is 11.7 Å². The van der Waals surface area contributed by atoms with Gasteiger partial charge in [-0.2, -0.15) is 4.98 Å². The second-order valence-corrected chi connectivity index (χ2v) is 4.93. The van der Waals surface area contributed by atoms with Crippen molar-refractivity contribution in [2.75, 3.05) is 24.8 Å². The highest BCUT2D eigenvalue weighted by Gasteiger charge is 2.11. The molecule has 1 aromatic heterocycles. The number of fused-ring (bicyclic) bond motifs is 1. The number of nitrogens with zero attached hydrogens (tertiary/aromatic N) is 2. The maximum Gasteiger partial charge on any atom is 0.298 e. The fraction of sp³-hybridized carbons (Fsp3) is 0.188. The fourth-order valence-electron chi connectivity index (χ4n) is 2.21. The Kier molecular flexibility index (Phi) is 3.39. The topological polar surface area (TPSA) is 64.5 Å². The molecule has 0 aliphatic rings. The number of nitrogens with two attached hydrogens (primary N) is 1. The third-order valence-electron chi connectivity index (χ3n) is 3.28. The molecule has 0 aliphatic heterocycles. The number of rotatable bonds is 4. The smallest absolute Gasteiger partial charge is 0.298 e. The first-order chi connectivity index (χ1) is 10.2. The molecular formula is C16H17N3O2. The lowest BCUT2D eigenvalue weighted by Crippen LogP contribution is -2.16. The number of aromatic nitrogens is 1. The van der Waals surface area contributed by atoms with Crippen LogP contribution in [0.15, 0.2) is 46.9 Å². The van der Waals surface area contributed by atoms with E-state index in [0.29, 0.717) is 18.2 Å². The zero-order chi connectivity index (χ0) is 14.8. The Morgan fingerprint density at radius 2 is 2.10 bits per heavy atom. The highest BCUT2D eigenvalue weighted by atomic mass is 16.5. The molecule has 2 aromatic carbocycles. The molecule has 0 fully saturated rings. The van der Waals surface area contributed by atoms with Crippen molar-refractivity contribution in [2.24, 2.45) is 0 Å². The summed E-state index contributed by atoms with van der Waals surface area (Å²) in [4.78, 5) is 6.41. The molecule has 5 heteroatoms. The average Bonchev–Trinajstić information content (AvgIpc) is 2.90. The number of hydrogen-bond acceptors (Lipinski definition) is 5. The van der Waals surface area contributed by atoms with Crippen LogP contribution < -0.4 is 15.4 Å². The molecule has 0 bridgehead atoms. The molecule has 0 spiro atoms. The first-order valence-corrected chi connectivity index (χ1v) is 6.66. The van der Waals surface area contributed by atoms with Gasteiger partial charge in [0.1, 0.15) is 11.3 Å². The molecule has 0 unspecified atom stereocenters. The summed E-state index contributed by atoms with van der Waals surface area (Å²) in [6.45, 7) is 0.680. The van der Waals surface area contributed by atoms with Crippen molar-refractivity contribution in [1.29, 1.82) is 0 Å². The van der Waals surface area contributed by atoms with Gasteiger partial charge in [0.05, 0.1) is 7.11 Å². The Balaban J connectivity index is 1.84. The van der Waals surface area contributed by atoms with E-state index >= 15 is 0 Å². The molecule has 21 heavy (non-hydrogen) atoms. The lowest BCUT2D eigenvalue weighted by Gasteiger charge is -2.14. The van der Waals surface area contributed by atoms with Crippen molar-refractivity contribution in [3.8, 4) is 5.75 Å². The van der Waals surface area contributed by atoms with Crippen LogP contribution >= 0.6 is 0 Å². The van der Waals surface area contributed by atoms with Crippen LogP contribution in [-0.2, 0) is 6.54 Å². The summed E-state index contributed by atoms with van der Waals surface area (Å²) in [5.41, 5.74) is 9.06. The van der Waals surface area contributed by atoms with Crippen molar-refractivity contribution in [3.05, 3.63) is 48.0 Å². The van der Waals surface area contributed by atoms with Crippen molar-refractivity contribution < 1.29 is 9.15 Å². The molecule has 0 saturated carbocycles. The van der Waals surface area contributed by atoms with Crippen molar-refractivity contribution in [1.82, 2.24) is 4.98 Å². The van der Waals surface area contributed by atoms with Crippen LogP contribution in [0.1, 0.15) is 5.56 Å². The van der Waals surface area contributed by atoms with Gasteiger partial charge in [-0.1, -0.05) is 12.1 Å². The van der Waals surface area contributed by atoms with Crippen LogP contribution in [0.2, 0.25) is 0 Å². The first-order valence-electron chi connectivity index (χ1n) is 6.66. The molecule has 0 atom stereocenters. The molecule has 5 nitrogen and oxygen atoms in total. The molecule has 3 aromatic rings. The van der Waals surface area contributed by atoms with E-state index in [1.54, 1.807) is 13.2 Å². The largest absolute Gasteiger partial charge is 0.497 e. The minimum atomic E-state index is 0.568. The maximum atomic E-state index is 5.76. The number of hydrogen-bond donors (Lipinski definition) is 1. The van der Waals surface area contributed by atoms with E-state index in [2.05, 4.69) is 4.98 Å². The number of anilines is 2. The van der Waals surface area contributed by atoms with Gasteiger partial charge in [-0.05, 0) is 35.9 Å². The minimum absolute atomic E-state index is 0.568. The van der Waals surface area contributed by atoms with E-state index in [9.17, 15) is 0 Å². The SMILES string of the molecule is COc1cccc(CN(C)c2nc3cc(N)ccc3o2)c1. The van der Waals surface area contributed by atoms with Gasteiger partial charge in [-0.3, -0.25) is 0 Å². The Morgan fingerprint density at radius 1 is 1.24 bits per heavy atom. The highest BCUT2D eigenvalue weighted by molar-refractivity contribution is 5.78. The standard InChI is InChI=1S/C16H17N3O2/c1-19(10-11-4-3-5-13(8-11)20-2)16-18-14-9-12(17)6-7-15(14)21-16/h3-9H,10,17H2,1-2H3. The monoisotopic (exact) mass is 283 g/mol. The third-order valence-corrected chi connectivity index (χ3v) is 3.28. The van der Waals surface area contributed by atoms with Crippen LogP contribution in [0.5, 0.6) is 5.75 Å². The Labute approximate surface area is 122 Å². The third kappa shape index (κ3) is 2.76. The predicted octanol–water partition coefficient (Wildman–Crippen LogP) is 3.06. The number of ether oxygens (including phenoxy) is 1. The van der Waals surface area contributed by atoms with Gasteiger partial charge in [0.25, 0.3) is 6.01 Å². The number of nitrogen functional groups attached to an aromatic ring is 1. The summed E-state index contributed by atoms with van der Waals surface area (Å²) in [6.07, 6.45) is 0. The number of benzene rings is 2. The lowest BCUT2D eigenvalue weighted by atomic mass is 10.2. The van der Waals surface area contributed by atoms with Crippen LogP contribution in [-0.4, -0.2) is 19.1 Å². The highest BCUT2D eigenvalue weighted by Crippen LogP contribution is 2.24. The van der Waals surface area contributed by atoms with Crippen molar-refractivity contribution in [3.63, 3.8) is 0 Å². The lowest BCUT2D eigenvalue weighted by molar-refractivity contribution is 0.414. The Hall–Kier alpha value is -2.69. The summed E-state index contributed by atoms with van der Waals surface area (Å²) in [7, 11) is 3.60. The van der Waals surface area contributed by atoms with E-state index in [0.717, 1.165) is 22.4 Å². The molecule has 0 saturated heterocycles. The predicted molar refractivity (Wildman–Crippen MR) is 83.5 cm³/mol. The second kappa shape index (κ2) is 5.36. The molecule has 2 N–H and O–H groups in total. The first kappa shape index (κ1) is 13.3. The maximum absolute atomic E-state index is 5.76. The van der Waals surface area contributed by atoms with Gasteiger partial charge >= 0.3 is 0 Å². The van der Waals surface area contributed by atoms with Gasteiger partial charge in [0, 0.05) is 19.3 Å². The number of oxazole rings is 1. The summed E-state index contributed by atoms with van der Waals surface area (Å²) < 4.78 is 11.0. The van der Waals surface area contributed by atoms with Crippen LogP contribution in [0, 0.1) is 0 Å². The molecule has 1 heterocycles. The molecule has 0 radical (unpaired) electrons. The normalized spacial score (nSPS) is 10.8. The van der Waals surface area contributed by atoms with Crippen LogP contribution in [0.3, 0.4) is 0 Å². The van der Waals surface area contributed by atoms with Gasteiger partial charge in [0.15, 0.2) is 5.58 Å². The zero-order valence-corrected chi connectivity index (χ0v) is 12.0. The summed E-state index contributed by atoms with van der Waals surface area (Å²) >= 11 is 0. The fourth-order valence-corrected chi connectivity index (χ4v) is 2.21. The van der Waals surface area contributed by atoms with Crippen molar-refractivity contribution >= 4 is 22.8 Å². The molecule has 3 rings (SSSR count). The summed E-state index contributed by atoms with van der Waals surface area (Å²) in [5.74, 6) is 0.839. The quantitative estimate of drug-likeness (QED) is 0.745. The van der Waals surface area contributed by atoms with Gasteiger partial charge in [-0.25, -0.2) is 0 Å². The van der Waals surface area contributed by atoms with E-state index in [1.165, 1.54) is 0 Å².